The molecule has 0 aromatic heterocycles. The van der Waals surface area contributed by atoms with Crippen LogP contribution in [0.2, 0.25) is 0 Å². The average Bonchev–Trinajstić information content (AvgIpc) is 2.65. The van der Waals surface area contributed by atoms with Gasteiger partial charge in [0.2, 0.25) is 0 Å². The number of hydrogen-bond acceptors (Lipinski definition) is 5. The molecule has 0 aliphatic carbocycles. The molecule has 0 saturated heterocycles. The van der Waals surface area contributed by atoms with Crippen molar-refractivity contribution in [2.45, 2.75) is 0 Å². The first kappa shape index (κ1) is 22.4. The predicted molar refractivity (Wildman–Crippen MR) is 116 cm³/mol. The van der Waals surface area contributed by atoms with Crippen LogP contribution in [0.4, 0.5) is 5.69 Å². The molecule has 0 saturated carbocycles. The van der Waals surface area contributed by atoms with Crippen molar-refractivity contribution in [1.82, 2.24) is 0 Å². The van der Waals surface area contributed by atoms with Crippen molar-refractivity contribution in [3.05, 3.63) is 61.1 Å². The highest BCUT2D eigenvalue weighted by molar-refractivity contribution is 14.1. The Labute approximate surface area is 187 Å². The fourth-order valence-corrected chi connectivity index (χ4v) is 3.87. The molecule has 1 amide bonds. The zero-order valence-electron chi connectivity index (χ0n) is 14.5. The van der Waals surface area contributed by atoms with Crippen LogP contribution >= 0.6 is 38.5 Å². The van der Waals surface area contributed by atoms with Crippen LogP contribution in [0.5, 0.6) is 5.75 Å². The van der Waals surface area contributed by atoms with Crippen LogP contribution in [0.15, 0.2) is 46.4 Å². The molecule has 3 N–H and O–H groups in total. The van der Waals surface area contributed by atoms with Crippen molar-refractivity contribution in [1.29, 1.82) is 5.26 Å². The molecule has 0 fully saturated rings. The molecule has 0 aliphatic heterocycles. The van der Waals surface area contributed by atoms with Crippen molar-refractivity contribution >= 4 is 68.1 Å². The van der Waals surface area contributed by atoms with Gasteiger partial charge in [0, 0.05) is 14.8 Å². The summed E-state index contributed by atoms with van der Waals surface area (Å²) in [6.07, 6.45) is 1.26. The molecule has 0 atom stereocenters. The second-order valence-corrected chi connectivity index (χ2v) is 7.60. The minimum Gasteiger partial charge on any atom is -0.480 e. The maximum Gasteiger partial charge on any atom is 0.341 e. The van der Waals surface area contributed by atoms with Crippen LogP contribution in [-0.2, 0) is 9.59 Å². The number of carbonyl (C=O) groups excluding carboxylic acids is 1. The Morgan fingerprint density at radius 2 is 1.97 bits per heavy atom. The smallest absolute Gasteiger partial charge is 0.341 e. The number of amides is 1. The van der Waals surface area contributed by atoms with Gasteiger partial charge < -0.3 is 20.3 Å². The summed E-state index contributed by atoms with van der Waals surface area (Å²) in [5, 5.41) is 29.7. The van der Waals surface area contributed by atoms with E-state index in [2.05, 4.69) is 21.2 Å². The van der Waals surface area contributed by atoms with Crippen LogP contribution in [0.25, 0.3) is 6.08 Å². The van der Waals surface area contributed by atoms with Crippen molar-refractivity contribution in [2.75, 3.05) is 11.9 Å². The quantitative estimate of drug-likeness (QED) is 0.262. The summed E-state index contributed by atoms with van der Waals surface area (Å²) in [7, 11) is 0. The molecule has 29 heavy (non-hydrogen) atoms. The molecular weight excluding hydrogens is 559 g/mol. The number of carboxylic acids is 2. The van der Waals surface area contributed by atoms with E-state index in [1.165, 1.54) is 30.3 Å². The van der Waals surface area contributed by atoms with Gasteiger partial charge in [-0.15, -0.1) is 0 Å². The molecule has 0 unspecified atom stereocenters. The van der Waals surface area contributed by atoms with E-state index in [9.17, 15) is 19.6 Å². The van der Waals surface area contributed by atoms with Crippen molar-refractivity contribution < 1.29 is 29.3 Å². The Morgan fingerprint density at radius 3 is 2.59 bits per heavy atom. The van der Waals surface area contributed by atoms with E-state index in [1.807, 2.05) is 22.6 Å². The molecular formula is C19H12BrIN2O6. The highest BCUT2D eigenvalue weighted by Crippen LogP contribution is 2.33. The number of ether oxygens (including phenoxy) is 1. The van der Waals surface area contributed by atoms with E-state index in [0.717, 1.165) is 3.57 Å². The van der Waals surface area contributed by atoms with Gasteiger partial charge in [0.25, 0.3) is 5.91 Å². The van der Waals surface area contributed by atoms with Gasteiger partial charge in [0.15, 0.2) is 6.61 Å². The number of nitriles is 1. The second kappa shape index (κ2) is 10.0. The molecule has 0 aliphatic rings. The molecule has 0 heterocycles. The van der Waals surface area contributed by atoms with E-state index >= 15 is 0 Å². The second-order valence-electron chi connectivity index (χ2n) is 5.50. The predicted octanol–water partition coefficient (Wildman–Crippen LogP) is 3.76. The summed E-state index contributed by atoms with van der Waals surface area (Å²) in [5.41, 5.74) is 0.245. The van der Waals surface area contributed by atoms with Crippen LogP contribution in [0, 0.1) is 14.9 Å². The normalized spacial score (nSPS) is 10.7. The number of halogens is 2. The summed E-state index contributed by atoms with van der Waals surface area (Å²) in [6.45, 7) is -0.601. The van der Waals surface area contributed by atoms with E-state index in [4.69, 9.17) is 14.9 Å². The topological polar surface area (TPSA) is 137 Å². The third-order valence-electron chi connectivity index (χ3n) is 3.41. The van der Waals surface area contributed by atoms with Crippen LogP contribution < -0.4 is 10.1 Å². The highest BCUT2D eigenvalue weighted by atomic mass is 127. The standard InChI is InChI=1S/C19H12BrIN2O6/c20-15-7-13(21)5-11(17(15)29-9-16(24)25)4-12(8-22)18(26)23-14-3-1-2-10(6-14)19(27)28/h1-7H,9H2,(H,23,26)(H,24,25)(H,27,28)/b12-4-. The monoisotopic (exact) mass is 570 g/mol. The van der Waals surface area contributed by atoms with E-state index in [0.29, 0.717) is 10.0 Å². The fraction of sp³-hybridized carbons (Fsp3) is 0.0526. The van der Waals surface area contributed by atoms with E-state index < -0.39 is 24.5 Å². The summed E-state index contributed by atoms with van der Waals surface area (Å²) >= 11 is 5.31. The third-order valence-corrected chi connectivity index (χ3v) is 4.62. The van der Waals surface area contributed by atoms with E-state index in [1.54, 1.807) is 18.2 Å². The molecule has 0 radical (unpaired) electrons. The van der Waals surface area contributed by atoms with Crippen LogP contribution in [0.1, 0.15) is 15.9 Å². The Morgan fingerprint density at radius 1 is 1.24 bits per heavy atom. The summed E-state index contributed by atoms with van der Waals surface area (Å²) < 4.78 is 6.49. The van der Waals surface area contributed by atoms with Crippen molar-refractivity contribution in [3.8, 4) is 11.8 Å². The largest absolute Gasteiger partial charge is 0.480 e. The number of carbonyl (C=O) groups is 3. The molecule has 0 bridgehead atoms. The van der Waals surface area contributed by atoms with E-state index in [-0.39, 0.29) is 22.6 Å². The lowest BCUT2D eigenvalue weighted by Gasteiger charge is -2.11. The lowest BCUT2D eigenvalue weighted by atomic mass is 10.1. The number of carboxylic acid groups (broad SMARTS) is 2. The number of aromatic carboxylic acids is 1. The first-order valence-electron chi connectivity index (χ1n) is 7.81. The zero-order valence-corrected chi connectivity index (χ0v) is 18.2. The Hall–Kier alpha value is -2.91. The minimum atomic E-state index is -1.18. The third kappa shape index (κ3) is 6.30. The van der Waals surface area contributed by atoms with Crippen LogP contribution in [0.3, 0.4) is 0 Å². The number of nitrogens with one attached hydrogen (secondary N) is 1. The number of hydrogen-bond donors (Lipinski definition) is 3. The lowest BCUT2D eigenvalue weighted by molar-refractivity contribution is -0.139. The Balaban J connectivity index is 2.37. The summed E-state index contributed by atoms with van der Waals surface area (Å²) in [6, 6.07) is 10.7. The first-order valence-corrected chi connectivity index (χ1v) is 9.68. The number of rotatable bonds is 7. The number of anilines is 1. The van der Waals surface area contributed by atoms with Gasteiger partial charge in [-0.3, -0.25) is 4.79 Å². The Bertz CT molecular complexity index is 1060. The van der Waals surface area contributed by atoms with Gasteiger partial charge in [-0.05, 0) is 74.9 Å². The SMILES string of the molecule is N#C/C(=C/c1cc(I)cc(Br)c1OCC(=O)O)C(=O)Nc1cccc(C(=O)O)c1. The molecule has 10 heteroatoms. The van der Waals surface area contributed by atoms with Gasteiger partial charge >= 0.3 is 11.9 Å². The molecule has 2 aromatic carbocycles. The lowest BCUT2D eigenvalue weighted by Crippen LogP contribution is -2.14. The van der Waals surface area contributed by atoms with Gasteiger partial charge in [-0.1, -0.05) is 6.07 Å². The average molecular weight is 571 g/mol. The number of benzene rings is 2. The summed E-state index contributed by atoms with van der Waals surface area (Å²) in [5.74, 6) is -2.92. The number of aliphatic carboxylic acids is 1. The number of nitrogens with zero attached hydrogens (tertiary/aromatic N) is 1. The van der Waals surface area contributed by atoms with Crippen LogP contribution in [-0.4, -0.2) is 34.7 Å². The van der Waals surface area contributed by atoms with Gasteiger partial charge in [0.1, 0.15) is 17.4 Å². The van der Waals surface area contributed by atoms with Gasteiger partial charge in [-0.2, -0.15) is 5.26 Å². The molecule has 2 rings (SSSR count). The molecule has 148 valence electrons. The minimum absolute atomic E-state index is 0.0174. The van der Waals surface area contributed by atoms with Gasteiger partial charge in [0.05, 0.1) is 10.0 Å². The fourth-order valence-electron chi connectivity index (χ4n) is 2.21. The molecule has 8 nitrogen and oxygen atoms in total. The highest BCUT2D eigenvalue weighted by Gasteiger charge is 2.15. The molecule has 0 spiro atoms. The van der Waals surface area contributed by atoms with Gasteiger partial charge in [-0.25, -0.2) is 9.59 Å². The first-order chi connectivity index (χ1) is 13.7. The van der Waals surface area contributed by atoms with Crippen molar-refractivity contribution in [2.24, 2.45) is 0 Å². The maximum absolute atomic E-state index is 12.5. The molecule has 2 aromatic rings. The Kier molecular flexibility index (Phi) is 7.74. The zero-order chi connectivity index (χ0) is 21.6. The summed E-state index contributed by atoms with van der Waals surface area (Å²) in [4.78, 5) is 34.3. The van der Waals surface area contributed by atoms with Crippen molar-refractivity contribution in [3.63, 3.8) is 0 Å². The maximum atomic E-state index is 12.5.